The van der Waals surface area contributed by atoms with Crippen LogP contribution in [0.2, 0.25) is 0 Å². The molecule has 0 unspecified atom stereocenters. The van der Waals surface area contributed by atoms with Crippen LogP contribution < -0.4 is 11.1 Å². The highest BCUT2D eigenvalue weighted by atomic mass is 16.1. The maximum atomic E-state index is 12.0. The maximum Gasteiger partial charge on any atom is 0.272 e. The third-order valence-corrected chi connectivity index (χ3v) is 2.36. The molecule has 9 nitrogen and oxygen atoms in total. The van der Waals surface area contributed by atoms with E-state index in [1.807, 2.05) is 13.8 Å². The fourth-order valence-electron chi connectivity index (χ4n) is 1.37. The van der Waals surface area contributed by atoms with Gasteiger partial charge in [-0.05, 0) is 0 Å². The van der Waals surface area contributed by atoms with Crippen molar-refractivity contribution in [3.8, 4) is 0 Å². The minimum Gasteiger partial charge on any atom is -0.396 e. The SMILES string of the molecule is CC(C)c1ncc(N)c(C(=O)NCc2nn[nH]n2)n1. The van der Waals surface area contributed by atoms with Gasteiger partial charge in [-0.15, -0.1) is 10.2 Å². The molecular formula is C10H14N8O. The van der Waals surface area contributed by atoms with Gasteiger partial charge in [0.25, 0.3) is 5.91 Å². The molecule has 2 aromatic heterocycles. The highest BCUT2D eigenvalue weighted by molar-refractivity contribution is 5.96. The average Bonchev–Trinajstić information content (AvgIpc) is 2.89. The number of aromatic nitrogens is 6. The Kier molecular flexibility index (Phi) is 3.64. The monoisotopic (exact) mass is 262 g/mol. The minimum absolute atomic E-state index is 0.115. The number of anilines is 1. The lowest BCUT2D eigenvalue weighted by Crippen LogP contribution is -2.26. The van der Waals surface area contributed by atoms with Crippen molar-refractivity contribution in [3.63, 3.8) is 0 Å². The van der Waals surface area contributed by atoms with Gasteiger partial charge in [-0.2, -0.15) is 5.21 Å². The summed E-state index contributed by atoms with van der Waals surface area (Å²) in [5, 5.41) is 15.7. The molecule has 0 saturated heterocycles. The summed E-state index contributed by atoms with van der Waals surface area (Å²) in [6, 6.07) is 0. The van der Waals surface area contributed by atoms with Gasteiger partial charge in [0, 0.05) is 5.92 Å². The Balaban J connectivity index is 2.11. The van der Waals surface area contributed by atoms with Crippen molar-refractivity contribution in [2.45, 2.75) is 26.3 Å². The lowest BCUT2D eigenvalue weighted by Gasteiger charge is -2.08. The summed E-state index contributed by atoms with van der Waals surface area (Å²) < 4.78 is 0. The van der Waals surface area contributed by atoms with Crippen LogP contribution in [0.5, 0.6) is 0 Å². The second-order valence-corrected chi connectivity index (χ2v) is 4.20. The molecule has 2 aromatic rings. The zero-order chi connectivity index (χ0) is 13.8. The van der Waals surface area contributed by atoms with Crippen molar-refractivity contribution in [1.82, 2.24) is 35.9 Å². The van der Waals surface area contributed by atoms with Gasteiger partial charge in [0.05, 0.1) is 18.4 Å². The van der Waals surface area contributed by atoms with Gasteiger partial charge >= 0.3 is 0 Å². The topological polar surface area (TPSA) is 135 Å². The van der Waals surface area contributed by atoms with Crippen molar-refractivity contribution >= 4 is 11.6 Å². The first-order valence-corrected chi connectivity index (χ1v) is 5.71. The summed E-state index contributed by atoms with van der Waals surface area (Å²) in [6.07, 6.45) is 1.44. The second kappa shape index (κ2) is 5.38. The molecule has 2 heterocycles. The van der Waals surface area contributed by atoms with E-state index in [0.717, 1.165) is 0 Å². The van der Waals surface area contributed by atoms with Gasteiger partial charge < -0.3 is 11.1 Å². The van der Waals surface area contributed by atoms with E-state index in [1.54, 1.807) is 0 Å². The Labute approximate surface area is 109 Å². The van der Waals surface area contributed by atoms with Crippen LogP contribution in [0.25, 0.3) is 0 Å². The maximum absolute atomic E-state index is 12.0. The van der Waals surface area contributed by atoms with Gasteiger partial charge in [0.15, 0.2) is 11.5 Å². The Morgan fingerprint density at radius 2 is 2.32 bits per heavy atom. The molecule has 100 valence electrons. The molecule has 19 heavy (non-hydrogen) atoms. The zero-order valence-corrected chi connectivity index (χ0v) is 10.6. The molecule has 0 aliphatic carbocycles. The number of nitrogens with one attached hydrogen (secondary N) is 2. The Hall–Kier alpha value is -2.58. The molecule has 0 aliphatic heterocycles. The van der Waals surface area contributed by atoms with E-state index in [9.17, 15) is 4.79 Å². The molecule has 0 bridgehead atoms. The largest absolute Gasteiger partial charge is 0.396 e. The average molecular weight is 262 g/mol. The van der Waals surface area contributed by atoms with Crippen LogP contribution in [0.3, 0.4) is 0 Å². The van der Waals surface area contributed by atoms with Gasteiger partial charge in [-0.1, -0.05) is 19.1 Å². The molecule has 2 rings (SSSR count). The minimum atomic E-state index is -0.397. The van der Waals surface area contributed by atoms with Crippen LogP contribution in [0, 0.1) is 0 Å². The van der Waals surface area contributed by atoms with E-state index in [2.05, 4.69) is 35.9 Å². The third kappa shape index (κ3) is 3.00. The summed E-state index contributed by atoms with van der Waals surface area (Å²) in [5.74, 6) is 0.667. The smallest absolute Gasteiger partial charge is 0.272 e. The summed E-state index contributed by atoms with van der Waals surface area (Å²) in [4.78, 5) is 20.2. The van der Waals surface area contributed by atoms with Crippen LogP contribution in [0.15, 0.2) is 6.20 Å². The van der Waals surface area contributed by atoms with Crippen LogP contribution >= 0.6 is 0 Å². The van der Waals surface area contributed by atoms with E-state index in [0.29, 0.717) is 11.6 Å². The molecule has 0 spiro atoms. The van der Waals surface area contributed by atoms with Gasteiger partial charge in [0.2, 0.25) is 0 Å². The number of H-pyrrole nitrogens is 1. The molecule has 1 amide bonds. The van der Waals surface area contributed by atoms with Crippen LogP contribution in [0.4, 0.5) is 5.69 Å². The number of nitrogens with two attached hydrogens (primary N) is 1. The van der Waals surface area contributed by atoms with Gasteiger partial charge in [0.1, 0.15) is 5.82 Å². The van der Waals surface area contributed by atoms with Crippen LogP contribution in [0.1, 0.15) is 41.9 Å². The standard InChI is InChI=1S/C10H14N8O/c1-5(2)9-12-3-6(11)8(14-9)10(19)13-4-7-15-17-18-16-7/h3,5H,4,11H2,1-2H3,(H,13,19)(H,15,16,17,18). The molecule has 0 atom stereocenters. The number of nitrogens with zero attached hydrogens (tertiary/aromatic N) is 5. The summed E-state index contributed by atoms with van der Waals surface area (Å²) in [7, 11) is 0. The second-order valence-electron chi connectivity index (χ2n) is 4.20. The van der Waals surface area contributed by atoms with Crippen molar-refractivity contribution < 1.29 is 4.79 Å². The quantitative estimate of drug-likeness (QED) is 0.683. The molecular weight excluding hydrogens is 248 g/mol. The number of carbonyl (C=O) groups is 1. The van der Waals surface area contributed by atoms with E-state index < -0.39 is 5.91 Å². The molecule has 4 N–H and O–H groups in total. The number of rotatable bonds is 4. The third-order valence-electron chi connectivity index (χ3n) is 2.36. The number of nitrogen functional groups attached to an aromatic ring is 1. The molecule has 0 fully saturated rings. The molecule has 0 aromatic carbocycles. The highest BCUT2D eigenvalue weighted by Crippen LogP contribution is 2.13. The Morgan fingerprint density at radius 1 is 1.53 bits per heavy atom. The fraction of sp³-hybridized carbons (Fsp3) is 0.400. The summed E-state index contributed by atoms with van der Waals surface area (Å²) >= 11 is 0. The fourth-order valence-corrected chi connectivity index (χ4v) is 1.37. The molecule has 0 saturated carbocycles. The van der Waals surface area contributed by atoms with Crippen molar-refractivity contribution in [1.29, 1.82) is 0 Å². The van der Waals surface area contributed by atoms with Crippen molar-refractivity contribution in [2.24, 2.45) is 0 Å². The zero-order valence-electron chi connectivity index (χ0n) is 10.6. The first-order chi connectivity index (χ1) is 9.08. The van der Waals surface area contributed by atoms with E-state index in [4.69, 9.17) is 5.73 Å². The molecule has 9 heteroatoms. The predicted octanol–water partition coefficient (Wildman–Crippen LogP) is -0.375. The predicted molar refractivity (Wildman–Crippen MR) is 65.9 cm³/mol. The number of carbonyl (C=O) groups excluding carboxylic acids is 1. The number of hydrogen-bond acceptors (Lipinski definition) is 7. The number of amides is 1. The number of tetrazole rings is 1. The summed E-state index contributed by atoms with van der Waals surface area (Å²) in [6.45, 7) is 4.02. The van der Waals surface area contributed by atoms with Crippen LogP contribution in [-0.2, 0) is 6.54 Å². The Bertz CT molecular complexity index is 565. The highest BCUT2D eigenvalue weighted by Gasteiger charge is 2.15. The molecule has 0 radical (unpaired) electrons. The molecule has 0 aliphatic rings. The van der Waals surface area contributed by atoms with E-state index in [-0.39, 0.29) is 23.8 Å². The van der Waals surface area contributed by atoms with Crippen LogP contribution in [-0.4, -0.2) is 36.5 Å². The Morgan fingerprint density at radius 3 is 2.95 bits per heavy atom. The van der Waals surface area contributed by atoms with E-state index in [1.165, 1.54) is 6.20 Å². The van der Waals surface area contributed by atoms with Crippen molar-refractivity contribution in [3.05, 3.63) is 23.5 Å². The van der Waals surface area contributed by atoms with Gasteiger partial charge in [-0.3, -0.25) is 4.79 Å². The lowest BCUT2D eigenvalue weighted by molar-refractivity contribution is 0.0945. The lowest BCUT2D eigenvalue weighted by atomic mass is 10.2. The number of aromatic amines is 1. The number of hydrogen-bond donors (Lipinski definition) is 3. The van der Waals surface area contributed by atoms with Gasteiger partial charge in [-0.25, -0.2) is 9.97 Å². The van der Waals surface area contributed by atoms with E-state index >= 15 is 0 Å². The summed E-state index contributed by atoms with van der Waals surface area (Å²) in [5.41, 5.74) is 6.09. The normalized spacial score (nSPS) is 10.7. The first-order valence-electron chi connectivity index (χ1n) is 5.71. The first kappa shape index (κ1) is 12.9. The van der Waals surface area contributed by atoms with Crippen molar-refractivity contribution in [2.75, 3.05) is 5.73 Å².